The second-order valence-electron chi connectivity index (χ2n) is 12.0. The van der Waals surface area contributed by atoms with Crippen LogP contribution in [-0.4, -0.2) is 33.5 Å². The molecule has 4 heterocycles. The predicted molar refractivity (Wildman–Crippen MR) is 196 cm³/mol. The van der Waals surface area contributed by atoms with Crippen LogP contribution in [0.2, 0.25) is 0 Å². The van der Waals surface area contributed by atoms with Crippen LogP contribution in [0.15, 0.2) is 164 Å². The minimum atomic E-state index is 0.532. The molecule has 0 unspecified atom stereocenters. The maximum atomic E-state index is 5.22. The van der Waals surface area contributed by atoms with Crippen molar-refractivity contribution < 1.29 is 0 Å². The number of rotatable bonds is 5. The Hall–Kier alpha value is -6.86. The Labute approximate surface area is 281 Å². The van der Waals surface area contributed by atoms with Gasteiger partial charge < -0.3 is 0 Å². The third-order valence-corrected chi connectivity index (χ3v) is 9.12. The standard InChI is InChI=1S/C42H27N7/c1-4-14-28(15-5-1)29-24-26-31(27-25-29)39-44-38(30-16-6-2-7-17-30)45-41(46-39)49-35-22-12-10-20-33(35)37-40(49)47(32-18-8-3-9-19-32)42-43-34-21-11-13-23-36(34)48(37)42/h1-27H. The highest BCUT2D eigenvalue weighted by Gasteiger charge is 2.26. The summed E-state index contributed by atoms with van der Waals surface area (Å²) in [6, 6.07) is 56.0. The molecule has 10 rings (SSSR count). The van der Waals surface area contributed by atoms with Crippen LogP contribution in [0.25, 0.3) is 84.4 Å². The molecule has 0 aliphatic carbocycles. The van der Waals surface area contributed by atoms with Gasteiger partial charge in [-0.2, -0.15) is 9.97 Å². The molecule has 0 bridgehead atoms. The third kappa shape index (κ3) is 4.29. The van der Waals surface area contributed by atoms with Crippen molar-refractivity contribution in [3.63, 3.8) is 0 Å². The van der Waals surface area contributed by atoms with Crippen molar-refractivity contribution in [2.45, 2.75) is 0 Å². The zero-order valence-corrected chi connectivity index (χ0v) is 26.2. The van der Waals surface area contributed by atoms with Crippen LogP contribution >= 0.6 is 0 Å². The molecule has 49 heavy (non-hydrogen) atoms. The van der Waals surface area contributed by atoms with Gasteiger partial charge in [0.1, 0.15) is 5.52 Å². The fourth-order valence-corrected chi connectivity index (χ4v) is 6.88. The maximum Gasteiger partial charge on any atom is 0.240 e. The van der Waals surface area contributed by atoms with E-state index >= 15 is 0 Å². The monoisotopic (exact) mass is 629 g/mol. The van der Waals surface area contributed by atoms with Crippen molar-refractivity contribution in [1.82, 2.24) is 33.5 Å². The summed E-state index contributed by atoms with van der Waals surface area (Å²) >= 11 is 0. The van der Waals surface area contributed by atoms with Crippen molar-refractivity contribution in [1.29, 1.82) is 0 Å². The zero-order valence-electron chi connectivity index (χ0n) is 26.2. The summed E-state index contributed by atoms with van der Waals surface area (Å²) in [4.78, 5) is 20.6. The number of aromatic nitrogens is 7. The van der Waals surface area contributed by atoms with Crippen molar-refractivity contribution in [3.05, 3.63) is 164 Å². The van der Waals surface area contributed by atoms with E-state index in [0.29, 0.717) is 17.6 Å². The lowest BCUT2D eigenvalue weighted by molar-refractivity contribution is 0.930. The summed E-state index contributed by atoms with van der Waals surface area (Å²) in [7, 11) is 0. The fourth-order valence-electron chi connectivity index (χ4n) is 6.88. The molecule has 0 aliphatic rings. The molecule has 0 N–H and O–H groups in total. The molecule has 0 spiro atoms. The van der Waals surface area contributed by atoms with Gasteiger partial charge >= 0.3 is 0 Å². The maximum absolute atomic E-state index is 5.22. The summed E-state index contributed by atoms with van der Waals surface area (Å²) in [5.74, 6) is 2.56. The lowest BCUT2D eigenvalue weighted by atomic mass is 10.0. The van der Waals surface area contributed by atoms with E-state index < -0.39 is 0 Å². The highest BCUT2D eigenvalue weighted by atomic mass is 15.3. The molecule has 6 aromatic carbocycles. The quantitative estimate of drug-likeness (QED) is 0.190. The van der Waals surface area contributed by atoms with Crippen molar-refractivity contribution in [2.75, 3.05) is 0 Å². The molecule has 7 nitrogen and oxygen atoms in total. The molecule has 0 atom stereocenters. The Kier molecular flexibility index (Phi) is 6.04. The second kappa shape index (κ2) is 10.9. The van der Waals surface area contributed by atoms with Crippen molar-refractivity contribution in [2.24, 2.45) is 0 Å². The number of para-hydroxylation sites is 4. The van der Waals surface area contributed by atoms with E-state index in [1.807, 2.05) is 48.5 Å². The normalized spacial score (nSPS) is 11.7. The molecule has 7 heteroatoms. The van der Waals surface area contributed by atoms with E-state index in [1.165, 1.54) is 0 Å². The van der Waals surface area contributed by atoms with Crippen LogP contribution < -0.4 is 0 Å². The van der Waals surface area contributed by atoms with Crippen LogP contribution in [0, 0.1) is 0 Å². The summed E-state index contributed by atoms with van der Waals surface area (Å²) in [5, 5.41) is 1.08. The Balaban J connectivity index is 1.30. The van der Waals surface area contributed by atoms with Gasteiger partial charge in [-0.3, -0.25) is 13.5 Å². The predicted octanol–water partition coefficient (Wildman–Crippen LogP) is 9.56. The molecule has 230 valence electrons. The van der Waals surface area contributed by atoms with Gasteiger partial charge in [0.25, 0.3) is 0 Å². The lowest BCUT2D eigenvalue weighted by Gasteiger charge is -2.12. The highest BCUT2D eigenvalue weighted by Crippen LogP contribution is 2.38. The Morgan fingerprint density at radius 2 is 0.918 bits per heavy atom. The average Bonchev–Trinajstić information content (AvgIpc) is 3.82. The van der Waals surface area contributed by atoms with Crippen LogP contribution in [0.1, 0.15) is 0 Å². The van der Waals surface area contributed by atoms with Gasteiger partial charge in [-0.15, -0.1) is 0 Å². The molecule has 0 radical (unpaired) electrons. The van der Waals surface area contributed by atoms with E-state index in [-0.39, 0.29) is 0 Å². The molecule has 0 saturated heterocycles. The fraction of sp³-hybridized carbons (Fsp3) is 0. The third-order valence-electron chi connectivity index (χ3n) is 9.12. The smallest absolute Gasteiger partial charge is 0.240 e. The number of hydrogen-bond acceptors (Lipinski definition) is 4. The highest BCUT2D eigenvalue weighted by molar-refractivity contribution is 6.10. The van der Waals surface area contributed by atoms with Crippen LogP contribution in [0.5, 0.6) is 0 Å². The SMILES string of the molecule is c1ccc(-c2ccc(-c3nc(-c4ccccc4)nc(-n4c5ccccc5c5c4n(-c4ccccc4)c4nc6ccccc6n54)n3)cc2)cc1. The van der Waals surface area contributed by atoms with Gasteiger partial charge in [-0.25, -0.2) is 9.97 Å². The molecule has 0 aliphatic heterocycles. The van der Waals surface area contributed by atoms with E-state index in [0.717, 1.165) is 66.8 Å². The number of imidazole rings is 2. The minimum absolute atomic E-state index is 0.532. The van der Waals surface area contributed by atoms with E-state index in [4.69, 9.17) is 19.9 Å². The van der Waals surface area contributed by atoms with Crippen molar-refractivity contribution >= 4 is 38.9 Å². The Morgan fingerprint density at radius 3 is 1.63 bits per heavy atom. The Bertz CT molecular complexity index is 2800. The summed E-state index contributed by atoms with van der Waals surface area (Å²) in [5.41, 5.74) is 10.1. The first-order valence-corrected chi connectivity index (χ1v) is 16.3. The molecule has 0 amide bonds. The van der Waals surface area contributed by atoms with Crippen LogP contribution in [0.3, 0.4) is 0 Å². The van der Waals surface area contributed by atoms with Gasteiger partial charge in [-0.1, -0.05) is 133 Å². The summed E-state index contributed by atoms with van der Waals surface area (Å²) in [6.45, 7) is 0. The summed E-state index contributed by atoms with van der Waals surface area (Å²) < 4.78 is 6.64. The number of fused-ring (bicyclic) bond motifs is 7. The first-order valence-electron chi connectivity index (χ1n) is 16.3. The second-order valence-corrected chi connectivity index (χ2v) is 12.0. The van der Waals surface area contributed by atoms with E-state index in [1.54, 1.807) is 0 Å². The van der Waals surface area contributed by atoms with Crippen molar-refractivity contribution in [3.8, 4) is 45.5 Å². The Morgan fingerprint density at radius 1 is 0.388 bits per heavy atom. The van der Waals surface area contributed by atoms with E-state index in [9.17, 15) is 0 Å². The topological polar surface area (TPSA) is 65.8 Å². The van der Waals surface area contributed by atoms with Crippen LogP contribution in [-0.2, 0) is 0 Å². The zero-order chi connectivity index (χ0) is 32.3. The number of hydrogen-bond donors (Lipinski definition) is 0. The van der Waals surface area contributed by atoms with Crippen LogP contribution in [0.4, 0.5) is 0 Å². The largest absolute Gasteiger partial charge is 0.274 e. The van der Waals surface area contributed by atoms with Gasteiger partial charge in [-0.05, 0) is 41.5 Å². The molecule has 10 aromatic rings. The summed E-state index contributed by atoms with van der Waals surface area (Å²) in [6.07, 6.45) is 0. The lowest BCUT2D eigenvalue weighted by Crippen LogP contribution is -2.08. The average molecular weight is 630 g/mol. The first-order chi connectivity index (χ1) is 24.3. The van der Waals surface area contributed by atoms with Gasteiger partial charge in [0.05, 0.1) is 22.2 Å². The first kappa shape index (κ1) is 27.3. The van der Waals surface area contributed by atoms with Gasteiger partial charge in [0, 0.05) is 16.5 Å². The van der Waals surface area contributed by atoms with E-state index in [2.05, 4.69) is 129 Å². The molecule has 0 fully saturated rings. The molecular weight excluding hydrogens is 603 g/mol. The van der Waals surface area contributed by atoms with Gasteiger partial charge in [0.15, 0.2) is 17.3 Å². The minimum Gasteiger partial charge on any atom is -0.274 e. The van der Waals surface area contributed by atoms with Gasteiger partial charge in [0.2, 0.25) is 11.7 Å². The number of benzene rings is 6. The number of nitrogens with zero attached hydrogens (tertiary/aromatic N) is 7. The molecule has 4 aromatic heterocycles. The molecule has 0 saturated carbocycles. The molecular formula is C42H27N7.